The van der Waals surface area contributed by atoms with Crippen molar-refractivity contribution in [2.45, 2.75) is 0 Å². The van der Waals surface area contributed by atoms with Gasteiger partial charge in [0.25, 0.3) is 0 Å². The summed E-state index contributed by atoms with van der Waals surface area (Å²) in [6.07, 6.45) is 0. The van der Waals surface area contributed by atoms with Gasteiger partial charge in [-0.2, -0.15) is 0 Å². The highest BCUT2D eigenvalue weighted by molar-refractivity contribution is 5.80. The third kappa shape index (κ3) is 1.28. The quantitative estimate of drug-likeness (QED) is 0.542. The van der Waals surface area contributed by atoms with Gasteiger partial charge in [0.05, 0.1) is 13.2 Å². The summed E-state index contributed by atoms with van der Waals surface area (Å²) >= 11 is 0. The zero-order chi connectivity index (χ0) is 10.1. The first kappa shape index (κ1) is 8.55. The summed E-state index contributed by atoms with van der Waals surface area (Å²) in [5.74, 6) is 0.356. The summed E-state index contributed by atoms with van der Waals surface area (Å²) in [4.78, 5) is 9.84. The molecule has 1 aromatic heterocycles. The molecule has 0 aliphatic rings. The fourth-order valence-corrected chi connectivity index (χ4v) is 1.21. The van der Waals surface area contributed by atoms with Crippen molar-refractivity contribution in [2.75, 3.05) is 7.11 Å². The summed E-state index contributed by atoms with van der Waals surface area (Å²) in [6, 6.07) is 6.43. The molecule has 0 unspecified atom stereocenters. The number of ether oxygens (including phenoxy) is 1. The van der Waals surface area contributed by atoms with Gasteiger partial charge < -0.3 is 9.15 Å². The van der Waals surface area contributed by atoms with E-state index in [0.29, 0.717) is 16.7 Å². The van der Waals surface area contributed by atoms with Gasteiger partial charge in [-0.1, -0.05) is 0 Å². The molecule has 0 aliphatic heterocycles. The van der Waals surface area contributed by atoms with Crippen molar-refractivity contribution < 1.29 is 14.1 Å². The van der Waals surface area contributed by atoms with Crippen LogP contribution in [-0.2, 0) is 0 Å². The Labute approximate surface area is 79.0 Å². The Morgan fingerprint density at radius 2 is 2.21 bits per heavy atom. The summed E-state index contributed by atoms with van der Waals surface area (Å²) < 4.78 is 9.96. The van der Waals surface area contributed by atoms with Crippen molar-refractivity contribution >= 4 is 16.9 Å². The predicted molar refractivity (Wildman–Crippen MR) is 49.4 cm³/mol. The molecule has 0 bridgehead atoms. The minimum Gasteiger partial charge on any atom is -0.497 e. The fourth-order valence-electron chi connectivity index (χ4n) is 1.21. The van der Waals surface area contributed by atoms with Gasteiger partial charge >= 0.3 is 5.88 Å². The van der Waals surface area contributed by atoms with Crippen LogP contribution in [0.1, 0.15) is 0 Å². The van der Waals surface area contributed by atoms with E-state index in [9.17, 15) is 10.1 Å². The Hall–Kier alpha value is -2.04. The van der Waals surface area contributed by atoms with E-state index in [2.05, 4.69) is 0 Å². The summed E-state index contributed by atoms with van der Waals surface area (Å²) in [5.41, 5.74) is 0.455. The lowest BCUT2D eigenvalue weighted by Crippen LogP contribution is -1.82. The lowest BCUT2D eigenvalue weighted by molar-refractivity contribution is -0.401. The second kappa shape index (κ2) is 3.02. The SMILES string of the molecule is COc1ccc2cc([N+](=O)[O-])oc2c1. The number of nitro groups is 1. The molecule has 0 amide bonds. The van der Waals surface area contributed by atoms with Crippen LogP contribution in [0.5, 0.6) is 5.75 Å². The molecule has 0 spiro atoms. The molecule has 0 aliphatic carbocycles. The van der Waals surface area contributed by atoms with Crippen LogP contribution in [0.25, 0.3) is 11.0 Å². The van der Waals surface area contributed by atoms with Crippen LogP contribution in [0, 0.1) is 10.1 Å². The number of fused-ring (bicyclic) bond motifs is 1. The van der Waals surface area contributed by atoms with Gasteiger partial charge in [0.15, 0.2) is 0 Å². The van der Waals surface area contributed by atoms with Crippen LogP contribution in [-0.4, -0.2) is 12.0 Å². The minimum absolute atomic E-state index is 0.256. The van der Waals surface area contributed by atoms with E-state index in [1.807, 2.05) is 0 Å². The molecule has 1 aromatic carbocycles. The smallest absolute Gasteiger partial charge is 0.434 e. The standard InChI is InChI=1S/C9H7NO4/c1-13-7-3-2-6-4-9(10(11)12)14-8(6)5-7/h2-5H,1H3. The molecule has 0 atom stereocenters. The Balaban J connectivity index is 2.60. The molecule has 5 nitrogen and oxygen atoms in total. The fraction of sp³-hybridized carbons (Fsp3) is 0.111. The second-order valence-electron chi connectivity index (χ2n) is 2.75. The van der Waals surface area contributed by atoms with Crippen molar-refractivity contribution in [3.8, 4) is 5.75 Å². The van der Waals surface area contributed by atoms with Crippen LogP contribution >= 0.6 is 0 Å². The average Bonchev–Trinajstić information content (AvgIpc) is 2.59. The number of rotatable bonds is 2. The molecule has 0 saturated carbocycles. The van der Waals surface area contributed by atoms with Crippen LogP contribution in [0.3, 0.4) is 0 Å². The Morgan fingerprint density at radius 3 is 2.86 bits per heavy atom. The summed E-state index contributed by atoms with van der Waals surface area (Å²) in [7, 11) is 1.53. The van der Waals surface area contributed by atoms with Gasteiger partial charge in [0.1, 0.15) is 16.3 Å². The van der Waals surface area contributed by atoms with Crippen LogP contribution < -0.4 is 4.74 Å². The molecule has 0 N–H and O–H groups in total. The summed E-state index contributed by atoms with van der Waals surface area (Å²) in [6.45, 7) is 0. The van der Waals surface area contributed by atoms with E-state index in [4.69, 9.17) is 9.15 Å². The molecule has 1 heterocycles. The first-order chi connectivity index (χ1) is 6.70. The molecule has 2 aromatic rings. The second-order valence-corrected chi connectivity index (χ2v) is 2.75. The number of hydrogen-bond donors (Lipinski definition) is 0. The van der Waals surface area contributed by atoms with Crippen molar-refractivity contribution in [2.24, 2.45) is 0 Å². The monoisotopic (exact) mass is 193 g/mol. The highest BCUT2D eigenvalue weighted by Crippen LogP contribution is 2.27. The van der Waals surface area contributed by atoms with E-state index >= 15 is 0 Å². The maximum atomic E-state index is 10.4. The van der Waals surface area contributed by atoms with Crippen LogP contribution in [0.4, 0.5) is 5.88 Å². The van der Waals surface area contributed by atoms with Gasteiger partial charge in [-0.3, -0.25) is 10.1 Å². The lowest BCUT2D eigenvalue weighted by atomic mass is 10.2. The molecular formula is C9H7NO4. The summed E-state index contributed by atoms with van der Waals surface area (Å²) in [5, 5.41) is 11.1. The molecular weight excluding hydrogens is 186 g/mol. The van der Waals surface area contributed by atoms with Gasteiger partial charge in [-0.15, -0.1) is 0 Å². The van der Waals surface area contributed by atoms with Crippen molar-refractivity contribution in [1.29, 1.82) is 0 Å². The average molecular weight is 193 g/mol. The number of hydrogen-bond acceptors (Lipinski definition) is 4. The molecule has 2 rings (SSSR count). The van der Waals surface area contributed by atoms with Gasteiger partial charge in [-0.05, 0) is 12.1 Å². The highest BCUT2D eigenvalue weighted by atomic mass is 16.6. The Bertz CT molecular complexity index is 489. The predicted octanol–water partition coefficient (Wildman–Crippen LogP) is 2.35. The first-order valence-corrected chi connectivity index (χ1v) is 3.92. The lowest BCUT2D eigenvalue weighted by Gasteiger charge is -1.96. The molecule has 14 heavy (non-hydrogen) atoms. The first-order valence-electron chi connectivity index (χ1n) is 3.92. The van der Waals surface area contributed by atoms with E-state index in [1.165, 1.54) is 13.2 Å². The van der Waals surface area contributed by atoms with Crippen molar-refractivity contribution in [3.05, 3.63) is 34.4 Å². The zero-order valence-electron chi connectivity index (χ0n) is 7.39. The maximum absolute atomic E-state index is 10.4. The zero-order valence-corrected chi connectivity index (χ0v) is 7.39. The molecule has 72 valence electrons. The minimum atomic E-state index is -0.563. The van der Waals surface area contributed by atoms with E-state index in [-0.39, 0.29) is 5.88 Å². The highest BCUT2D eigenvalue weighted by Gasteiger charge is 2.13. The molecule has 5 heteroatoms. The third-order valence-electron chi connectivity index (χ3n) is 1.89. The van der Waals surface area contributed by atoms with E-state index < -0.39 is 4.92 Å². The van der Waals surface area contributed by atoms with Gasteiger partial charge in [-0.25, -0.2) is 0 Å². The van der Waals surface area contributed by atoms with Crippen molar-refractivity contribution in [1.82, 2.24) is 0 Å². The van der Waals surface area contributed by atoms with E-state index in [1.54, 1.807) is 18.2 Å². The largest absolute Gasteiger partial charge is 0.497 e. The number of benzene rings is 1. The maximum Gasteiger partial charge on any atom is 0.434 e. The number of furan rings is 1. The third-order valence-corrected chi connectivity index (χ3v) is 1.89. The number of nitrogens with zero attached hydrogens (tertiary/aromatic N) is 1. The van der Waals surface area contributed by atoms with E-state index in [0.717, 1.165) is 0 Å². The topological polar surface area (TPSA) is 65.5 Å². The Morgan fingerprint density at radius 1 is 1.43 bits per heavy atom. The Kier molecular flexibility index (Phi) is 1.85. The number of methoxy groups -OCH3 is 1. The van der Waals surface area contributed by atoms with Crippen LogP contribution in [0.2, 0.25) is 0 Å². The van der Waals surface area contributed by atoms with Crippen LogP contribution in [0.15, 0.2) is 28.7 Å². The van der Waals surface area contributed by atoms with Gasteiger partial charge in [0.2, 0.25) is 0 Å². The van der Waals surface area contributed by atoms with Gasteiger partial charge in [0, 0.05) is 11.5 Å². The molecule has 0 fully saturated rings. The van der Waals surface area contributed by atoms with Crippen molar-refractivity contribution in [3.63, 3.8) is 0 Å². The molecule has 0 radical (unpaired) electrons. The molecule has 0 saturated heterocycles. The normalized spacial score (nSPS) is 10.4.